The SMILES string of the molecule is COC(=O)[C@H]1CC[C@H](C(=O)NC(C)C(C)=O)CC1. The van der Waals surface area contributed by atoms with E-state index in [2.05, 4.69) is 5.32 Å². The van der Waals surface area contributed by atoms with Gasteiger partial charge in [-0.25, -0.2) is 0 Å². The predicted octanol–water partition coefficient (Wildman–Crippen LogP) is 1.06. The smallest absolute Gasteiger partial charge is 0.308 e. The third-order valence-electron chi connectivity index (χ3n) is 3.60. The van der Waals surface area contributed by atoms with Crippen molar-refractivity contribution >= 4 is 17.7 Å². The lowest BCUT2D eigenvalue weighted by Gasteiger charge is -2.26. The van der Waals surface area contributed by atoms with Crippen LogP contribution in [0.2, 0.25) is 0 Å². The zero-order valence-electron chi connectivity index (χ0n) is 11.2. The molecule has 1 aliphatic rings. The third kappa shape index (κ3) is 3.82. The number of nitrogens with one attached hydrogen (secondary N) is 1. The van der Waals surface area contributed by atoms with Crippen LogP contribution < -0.4 is 5.32 Å². The van der Waals surface area contributed by atoms with Crippen molar-refractivity contribution in [3.63, 3.8) is 0 Å². The van der Waals surface area contributed by atoms with Gasteiger partial charge in [-0.3, -0.25) is 14.4 Å². The summed E-state index contributed by atoms with van der Waals surface area (Å²) in [4.78, 5) is 34.3. The Kier molecular flexibility index (Phi) is 5.31. The van der Waals surface area contributed by atoms with E-state index in [1.54, 1.807) is 6.92 Å². The second kappa shape index (κ2) is 6.52. The van der Waals surface area contributed by atoms with Crippen molar-refractivity contribution in [3.8, 4) is 0 Å². The molecule has 0 spiro atoms. The first kappa shape index (κ1) is 14.7. The number of ketones is 1. The summed E-state index contributed by atoms with van der Waals surface area (Å²) >= 11 is 0. The molecule has 0 aromatic rings. The lowest BCUT2D eigenvalue weighted by molar-refractivity contribution is -0.147. The van der Waals surface area contributed by atoms with Crippen LogP contribution in [0.3, 0.4) is 0 Å². The Balaban J connectivity index is 2.41. The maximum atomic E-state index is 11.9. The summed E-state index contributed by atoms with van der Waals surface area (Å²) in [7, 11) is 1.38. The molecule has 0 heterocycles. The van der Waals surface area contributed by atoms with Gasteiger partial charge >= 0.3 is 5.97 Å². The van der Waals surface area contributed by atoms with Gasteiger partial charge in [0.05, 0.1) is 19.1 Å². The van der Waals surface area contributed by atoms with Crippen LogP contribution >= 0.6 is 0 Å². The summed E-state index contributed by atoms with van der Waals surface area (Å²) in [6.07, 6.45) is 2.71. The number of hydrogen-bond donors (Lipinski definition) is 1. The van der Waals surface area contributed by atoms with Gasteiger partial charge in [-0.15, -0.1) is 0 Å². The number of amides is 1. The van der Waals surface area contributed by atoms with Gasteiger partial charge in [-0.1, -0.05) is 0 Å². The van der Waals surface area contributed by atoms with Gasteiger partial charge in [0.1, 0.15) is 0 Å². The molecule has 1 saturated carbocycles. The fourth-order valence-corrected chi connectivity index (χ4v) is 2.19. The number of Topliss-reactive ketones (excluding diaryl/α,β-unsaturated/α-hetero) is 1. The van der Waals surface area contributed by atoms with Crippen LogP contribution in [0.25, 0.3) is 0 Å². The quantitative estimate of drug-likeness (QED) is 0.762. The van der Waals surface area contributed by atoms with Crippen LogP contribution in [0, 0.1) is 11.8 Å². The van der Waals surface area contributed by atoms with E-state index in [-0.39, 0.29) is 29.5 Å². The van der Waals surface area contributed by atoms with E-state index in [1.807, 2.05) is 0 Å². The molecule has 102 valence electrons. The highest BCUT2D eigenvalue weighted by Gasteiger charge is 2.31. The Morgan fingerprint density at radius 1 is 1.11 bits per heavy atom. The van der Waals surface area contributed by atoms with Crippen molar-refractivity contribution in [1.82, 2.24) is 5.32 Å². The van der Waals surface area contributed by atoms with Crippen molar-refractivity contribution in [2.45, 2.75) is 45.6 Å². The largest absolute Gasteiger partial charge is 0.469 e. The van der Waals surface area contributed by atoms with Crippen LogP contribution in [0.15, 0.2) is 0 Å². The van der Waals surface area contributed by atoms with Crippen molar-refractivity contribution in [1.29, 1.82) is 0 Å². The minimum absolute atomic E-state index is 0.0494. The van der Waals surface area contributed by atoms with E-state index >= 15 is 0 Å². The lowest BCUT2D eigenvalue weighted by atomic mass is 9.81. The van der Waals surface area contributed by atoms with Crippen LogP contribution in [-0.2, 0) is 19.1 Å². The number of hydrogen-bond acceptors (Lipinski definition) is 4. The minimum Gasteiger partial charge on any atom is -0.469 e. The minimum atomic E-state index is -0.434. The molecule has 1 fully saturated rings. The van der Waals surface area contributed by atoms with E-state index in [1.165, 1.54) is 14.0 Å². The molecule has 1 amide bonds. The maximum absolute atomic E-state index is 11.9. The monoisotopic (exact) mass is 255 g/mol. The van der Waals surface area contributed by atoms with Crippen molar-refractivity contribution in [2.24, 2.45) is 11.8 Å². The lowest BCUT2D eigenvalue weighted by Crippen LogP contribution is -2.42. The number of rotatable bonds is 4. The first-order valence-electron chi connectivity index (χ1n) is 6.34. The van der Waals surface area contributed by atoms with E-state index in [0.29, 0.717) is 25.7 Å². The second-order valence-electron chi connectivity index (χ2n) is 4.91. The molecule has 1 rings (SSSR count). The Bertz CT molecular complexity index is 332. The molecule has 0 aliphatic heterocycles. The molecule has 5 heteroatoms. The summed E-state index contributed by atoms with van der Waals surface area (Å²) in [5, 5.41) is 2.70. The molecule has 0 radical (unpaired) electrons. The number of esters is 1. The zero-order valence-corrected chi connectivity index (χ0v) is 11.2. The van der Waals surface area contributed by atoms with Gasteiger partial charge in [0.15, 0.2) is 5.78 Å². The summed E-state index contributed by atoms with van der Waals surface area (Å²) in [6.45, 7) is 3.14. The van der Waals surface area contributed by atoms with E-state index in [9.17, 15) is 14.4 Å². The molecular formula is C13H21NO4. The summed E-state index contributed by atoms with van der Waals surface area (Å²) in [5.74, 6) is -0.490. The highest BCUT2D eigenvalue weighted by Crippen LogP contribution is 2.29. The number of carbonyl (C=O) groups excluding carboxylic acids is 3. The molecule has 1 unspecified atom stereocenters. The first-order chi connectivity index (χ1) is 8.45. The van der Waals surface area contributed by atoms with E-state index in [0.717, 1.165) is 0 Å². The van der Waals surface area contributed by atoms with Crippen molar-refractivity contribution < 1.29 is 19.1 Å². The Morgan fingerprint density at radius 2 is 1.61 bits per heavy atom. The molecule has 1 N–H and O–H groups in total. The molecule has 1 aliphatic carbocycles. The summed E-state index contributed by atoms with van der Waals surface area (Å²) < 4.78 is 4.70. The zero-order chi connectivity index (χ0) is 13.7. The standard InChI is InChI=1S/C13H21NO4/c1-8(9(2)15)14-12(16)10-4-6-11(7-5-10)13(17)18-3/h8,10-11H,4-7H2,1-3H3,(H,14,16)/t8?,10-,11-. The third-order valence-corrected chi connectivity index (χ3v) is 3.60. The van der Waals surface area contributed by atoms with E-state index < -0.39 is 6.04 Å². The van der Waals surface area contributed by atoms with Crippen LogP contribution in [0.4, 0.5) is 0 Å². The molecular weight excluding hydrogens is 234 g/mol. The van der Waals surface area contributed by atoms with Crippen LogP contribution in [0.5, 0.6) is 0 Å². The van der Waals surface area contributed by atoms with Crippen molar-refractivity contribution in [2.75, 3.05) is 7.11 Å². The van der Waals surface area contributed by atoms with Gasteiger partial charge in [-0.05, 0) is 39.5 Å². The summed E-state index contributed by atoms with van der Waals surface area (Å²) in [5.41, 5.74) is 0. The fraction of sp³-hybridized carbons (Fsp3) is 0.769. The fourth-order valence-electron chi connectivity index (χ4n) is 2.19. The van der Waals surface area contributed by atoms with Gasteiger partial charge in [0.25, 0.3) is 0 Å². The topological polar surface area (TPSA) is 72.5 Å². The van der Waals surface area contributed by atoms with Gasteiger partial charge in [0, 0.05) is 5.92 Å². The Morgan fingerprint density at radius 3 is 2.06 bits per heavy atom. The van der Waals surface area contributed by atoms with Crippen LogP contribution in [-0.4, -0.2) is 30.8 Å². The van der Waals surface area contributed by atoms with Crippen LogP contribution in [0.1, 0.15) is 39.5 Å². The second-order valence-corrected chi connectivity index (χ2v) is 4.91. The number of carbonyl (C=O) groups is 3. The first-order valence-corrected chi connectivity index (χ1v) is 6.34. The van der Waals surface area contributed by atoms with Gasteiger partial charge in [0.2, 0.25) is 5.91 Å². The molecule has 0 aromatic carbocycles. The molecule has 5 nitrogen and oxygen atoms in total. The highest BCUT2D eigenvalue weighted by atomic mass is 16.5. The number of methoxy groups -OCH3 is 1. The van der Waals surface area contributed by atoms with Crippen molar-refractivity contribution in [3.05, 3.63) is 0 Å². The molecule has 0 saturated heterocycles. The highest BCUT2D eigenvalue weighted by molar-refractivity contribution is 5.88. The average Bonchev–Trinajstić information content (AvgIpc) is 2.37. The molecule has 1 atom stereocenters. The predicted molar refractivity (Wildman–Crippen MR) is 65.7 cm³/mol. The van der Waals surface area contributed by atoms with Gasteiger partial charge < -0.3 is 10.1 Å². The molecule has 18 heavy (non-hydrogen) atoms. The summed E-state index contributed by atoms with van der Waals surface area (Å²) in [6, 6.07) is -0.434. The Hall–Kier alpha value is -1.39. The molecule has 0 aromatic heterocycles. The van der Waals surface area contributed by atoms with E-state index in [4.69, 9.17) is 4.74 Å². The maximum Gasteiger partial charge on any atom is 0.308 e. The molecule has 0 bridgehead atoms. The average molecular weight is 255 g/mol. The van der Waals surface area contributed by atoms with Gasteiger partial charge in [-0.2, -0.15) is 0 Å². The normalized spacial score (nSPS) is 25.1. The number of ether oxygens (including phenoxy) is 1. The Labute approximate surface area is 107 Å².